The summed E-state index contributed by atoms with van der Waals surface area (Å²) in [6.45, 7) is 5.75. The molecule has 0 unspecified atom stereocenters. The first kappa shape index (κ1) is 9.21. The van der Waals surface area contributed by atoms with E-state index in [0.29, 0.717) is 5.57 Å². The Bertz CT molecular complexity index is 129. The summed E-state index contributed by atoms with van der Waals surface area (Å²) < 4.78 is 0. The molecule has 0 aromatic heterocycles. The standard InChI is InChI=1S/C8H15NO/c1-4-5-6-7(2)8(10)9-3/h2,4-6H2,1,3H3,(H,9,10). The fourth-order valence-electron chi connectivity index (χ4n) is 0.680. The van der Waals surface area contributed by atoms with Gasteiger partial charge in [-0.2, -0.15) is 0 Å². The second kappa shape index (κ2) is 5.03. The highest BCUT2D eigenvalue weighted by molar-refractivity contribution is 5.92. The molecule has 0 saturated carbocycles. The lowest BCUT2D eigenvalue weighted by Gasteiger charge is -2.00. The fraction of sp³-hybridized carbons (Fsp3) is 0.625. The minimum atomic E-state index is -0.0338. The highest BCUT2D eigenvalue weighted by Gasteiger charge is 2.01. The largest absolute Gasteiger partial charge is 0.355 e. The second-order valence-corrected chi connectivity index (χ2v) is 2.29. The topological polar surface area (TPSA) is 29.1 Å². The Kier molecular flexibility index (Phi) is 4.63. The van der Waals surface area contributed by atoms with E-state index in [1.165, 1.54) is 0 Å². The Labute approximate surface area is 62.3 Å². The van der Waals surface area contributed by atoms with Crippen LogP contribution in [0.2, 0.25) is 0 Å². The van der Waals surface area contributed by atoms with Gasteiger partial charge in [-0.15, -0.1) is 0 Å². The molecule has 0 heterocycles. The molecule has 0 radical (unpaired) electrons. The van der Waals surface area contributed by atoms with Crippen molar-refractivity contribution in [1.29, 1.82) is 0 Å². The van der Waals surface area contributed by atoms with Gasteiger partial charge in [0.05, 0.1) is 0 Å². The van der Waals surface area contributed by atoms with Crippen LogP contribution >= 0.6 is 0 Å². The lowest BCUT2D eigenvalue weighted by molar-refractivity contribution is -0.117. The van der Waals surface area contributed by atoms with Crippen molar-refractivity contribution in [1.82, 2.24) is 5.32 Å². The lowest BCUT2D eigenvalue weighted by Crippen LogP contribution is -2.19. The summed E-state index contributed by atoms with van der Waals surface area (Å²) in [5, 5.41) is 2.54. The van der Waals surface area contributed by atoms with Crippen molar-refractivity contribution in [3.05, 3.63) is 12.2 Å². The van der Waals surface area contributed by atoms with Crippen LogP contribution in [0.1, 0.15) is 26.2 Å². The Morgan fingerprint density at radius 1 is 1.60 bits per heavy atom. The van der Waals surface area contributed by atoms with Crippen LogP contribution in [0.5, 0.6) is 0 Å². The maximum Gasteiger partial charge on any atom is 0.246 e. The molecule has 1 N–H and O–H groups in total. The van der Waals surface area contributed by atoms with E-state index in [2.05, 4.69) is 18.8 Å². The SMILES string of the molecule is C=C(CCCC)C(=O)NC. The van der Waals surface area contributed by atoms with Crippen molar-refractivity contribution in [2.45, 2.75) is 26.2 Å². The molecule has 0 atom stereocenters. The summed E-state index contributed by atoms with van der Waals surface area (Å²) in [6, 6.07) is 0. The monoisotopic (exact) mass is 141 g/mol. The van der Waals surface area contributed by atoms with E-state index < -0.39 is 0 Å². The number of unbranched alkanes of at least 4 members (excludes halogenated alkanes) is 1. The maximum atomic E-state index is 10.8. The molecule has 0 aromatic rings. The zero-order valence-corrected chi connectivity index (χ0v) is 6.74. The van der Waals surface area contributed by atoms with Gasteiger partial charge in [0, 0.05) is 12.6 Å². The van der Waals surface area contributed by atoms with Gasteiger partial charge >= 0.3 is 0 Å². The molecular weight excluding hydrogens is 126 g/mol. The van der Waals surface area contributed by atoms with Crippen LogP contribution in [0.4, 0.5) is 0 Å². The number of rotatable bonds is 4. The zero-order chi connectivity index (χ0) is 7.98. The summed E-state index contributed by atoms with van der Waals surface area (Å²) in [6.07, 6.45) is 2.97. The summed E-state index contributed by atoms with van der Waals surface area (Å²) in [7, 11) is 1.62. The van der Waals surface area contributed by atoms with Gasteiger partial charge in [0.2, 0.25) is 5.91 Å². The van der Waals surface area contributed by atoms with E-state index in [0.717, 1.165) is 19.3 Å². The van der Waals surface area contributed by atoms with Crippen molar-refractivity contribution in [3.8, 4) is 0 Å². The second-order valence-electron chi connectivity index (χ2n) is 2.29. The van der Waals surface area contributed by atoms with E-state index in [9.17, 15) is 4.79 Å². The number of carbonyl (C=O) groups is 1. The number of hydrogen-bond donors (Lipinski definition) is 1. The minimum Gasteiger partial charge on any atom is -0.355 e. The van der Waals surface area contributed by atoms with E-state index in [4.69, 9.17) is 0 Å². The molecule has 10 heavy (non-hydrogen) atoms. The molecule has 0 rings (SSSR count). The van der Waals surface area contributed by atoms with Crippen molar-refractivity contribution in [3.63, 3.8) is 0 Å². The molecule has 2 nitrogen and oxygen atoms in total. The van der Waals surface area contributed by atoms with Crippen molar-refractivity contribution in [2.24, 2.45) is 0 Å². The predicted octanol–water partition coefficient (Wildman–Crippen LogP) is 1.48. The van der Waals surface area contributed by atoms with E-state index in [1.54, 1.807) is 7.05 Å². The van der Waals surface area contributed by atoms with Crippen LogP contribution in [0.3, 0.4) is 0 Å². The van der Waals surface area contributed by atoms with Crippen molar-refractivity contribution in [2.75, 3.05) is 7.05 Å². The lowest BCUT2D eigenvalue weighted by atomic mass is 10.1. The third-order valence-corrected chi connectivity index (χ3v) is 1.38. The highest BCUT2D eigenvalue weighted by atomic mass is 16.1. The first-order valence-corrected chi connectivity index (χ1v) is 3.62. The van der Waals surface area contributed by atoms with E-state index >= 15 is 0 Å². The Morgan fingerprint density at radius 3 is 2.60 bits per heavy atom. The summed E-state index contributed by atoms with van der Waals surface area (Å²) in [4.78, 5) is 10.8. The number of carbonyl (C=O) groups excluding carboxylic acids is 1. The maximum absolute atomic E-state index is 10.8. The van der Waals surface area contributed by atoms with Crippen LogP contribution in [0, 0.1) is 0 Å². The van der Waals surface area contributed by atoms with Crippen LogP contribution in [-0.4, -0.2) is 13.0 Å². The molecule has 0 fully saturated rings. The third kappa shape index (κ3) is 3.28. The third-order valence-electron chi connectivity index (χ3n) is 1.38. The Morgan fingerprint density at radius 2 is 2.20 bits per heavy atom. The van der Waals surface area contributed by atoms with Gasteiger partial charge in [0.15, 0.2) is 0 Å². The van der Waals surface area contributed by atoms with Gasteiger partial charge in [0.1, 0.15) is 0 Å². The van der Waals surface area contributed by atoms with Gasteiger partial charge < -0.3 is 5.32 Å². The molecule has 1 amide bonds. The minimum absolute atomic E-state index is 0.0338. The summed E-state index contributed by atoms with van der Waals surface area (Å²) >= 11 is 0. The van der Waals surface area contributed by atoms with Crippen LogP contribution < -0.4 is 5.32 Å². The Hall–Kier alpha value is -0.790. The van der Waals surface area contributed by atoms with E-state index in [-0.39, 0.29) is 5.91 Å². The first-order chi connectivity index (χ1) is 4.72. The van der Waals surface area contributed by atoms with Gasteiger partial charge in [-0.3, -0.25) is 4.79 Å². The predicted molar refractivity (Wildman–Crippen MR) is 42.7 cm³/mol. The molecule has 0 aliphatic carbocycles. The fourth-order valence-corrected chi connectivity index (χ4v) is 0.680. The van der Waals surface area contributed by atoms with Gasteiger partial charge in [-0.05, 0) is 12.8 Å². The first-order valence-electron chi connectivity index (χ1n) is 3.62. The van der Waals surface area contributed by atoms with Gasteiger partial charge in [0.25, 0.3) is 0 Å². The molecule has 0 aliphatic rings. The van der Waals surface area contributed by atoms with Crippen molar-refractivity contribution >= 4 is 5.91 Å². The highest BCUT2D eigenvalue weighted by Crippen LogP contribution is 2.03. The summed E-state index contributed by atoms with van der Waals surface area (Å²) in [5.41, 5.74) is 0.685. The van der Waals surface area contributed by atoms with E-state index in [1.807, 2.05) is 0 Å². The van der Waals surface area contributed by atoms with Crippen LogP contribution in [-0.2, 0) is 4.79 Å². The van der Waals surface area contributed by atoms with Crippen molar-refractivity contribution < 1.29 is 4.79 Å². The molecule has 58 valence electrons. The summed E-state index contributed by atoms with van der Waals surface area (Å²) in [5.74, 6) is -0.0338. The average Bonchev–Trinajstić information content (AvgIpc) is 1.98. The molecular formula is C8H15NO. The molecule has 0 spiro atoms. The van der Waals surface area contributed by atoms with Crippen LogP contribution in [0.15, 0.2) is 12.2 Å². The number of amides is 1. The molecule has 0 bridgehead atoms. The normalized spacial score (nSPS) is 9.00. The molecule has 2 heteroatoms. The van der Waals surface area contributed by atoms with Gasteiger partial charge in [-0.25, -0.2) is 0 Å². The molecule has 0 aliphatic heterocycles. The molecule has 0 saturated heterocycles. The zero-order valence-electron chi connectivity index (χ0n) is 6.74. The Balaban J connectivity index is 3.52. The number of nitrogens with one attached hydrogen (secondary N) is 1. The smallest absolute Gasteiger partial charge is 0.246 e. The molecule has 0 aromatic carbocycles. The number of likely N-dealkylation sites (N-methyl/N-ethyl adjacent to an activating group) is 1. The average molecular weight is 141 g/mol. The van der Waals surface area contributed by atoms with Gasteiger partial charge in [-0.1, -0.05) is 19.9 Å². The number of hydrogen-bond acceptors (Lipinski definition) is 1. The van der Waals surface area contributed by atoms with Crippen LogP contribution in [0.25, 0.3) is 0 Å². The quantitative estimate of drug-likeness (QED) is 0.590.